The van der Waals surface area contributed by atoms with Gasteiger partial charge in [0.25, 0.3) is 0 Å². The minimum Gasteiger partial charge on any atom is -0.489 e. The van der Waals surface area contributed by atoms with Gasteiger partial charge in [0.15, 0.2) is 0 Å². The van der Waals surface area contributed by atoms with E-state index < -0.39 is 6.04 Å². The van der Waals surface area contributed by atoms with Crippen molar-refractivity contribution < 1.29 is 18.3 Å². The van der Waals surface area contributed by atoms with E-state index in [0.717, 1.165) is 11.3 Å². The Balaban J connectivity index is 1.61. The maximum Gasteiger partial charge on any atom is 0.234 e. The Bertz CT molecular complexity index is 927. The average Bonchev–Trinajstić information content (AvgIpc) is 3.23. The van der Waals surface area contributed by atoms with E-state index in [1.807, 2.05) is 41.3 Å². The van der Waals surface area contributed by atoms with Crippen LogP contribution >= 0.6 is 0 Å². The lowest BCUT2D eigenvalue weighted by atomic mass is 10.1. The summed E-state index contributed by atoms with van der Waals surface area (Å²) in [7, 11) is 0. The molecule has 1 heterocycles. The Morgan fingerprint density at radius 2 is 2.00 bits per heavy atom. The number of carbonyl (C=O) groups is 1. The molecule has 5 nitrogen and oxygen atoms in total. The van der Waals surface area contributed by atoms with Crippen LogP contribution in [0.4, 0.5) is 4.39 Å². The fourth-order valence-electron chi connectivity index (χ4n) is 3.03. The average molecular weight is 396 g/mol. The van der Waals surface area contributed by atoms with E-state index >= 15 is 0 Å². The van der Waals surface area contributed by atoms with Gasteiger partial charge in [0.2, 0.25) is 5.91 Å². The highest BCUT2D eigenvalue weighted by molar-refractivity contribution is 5.79. The number of primary amides is 1. The molecule has 0 saturated heterocycles. The van der Waals surface area contributed by atoms with E-state index in [1.54, 1.807) is 31.4 Å². The second kappa shape index (κ2) is 9.89. The molecule has 0 radical (unpaired) electrons. The predicted molar refractivity (Wildman–Crippen MR) is 109 cm³/mol. The van der Waals surface area contributed by atoms with Gasteiger partial charge in [-0.05, 0) is 49.2 Å². The quantitative estimate of drug-likeness (QED) is 0.564. The molecule has 152 valence electrons. The van der Waals surface area contributed by atoms with Crippen LogP contribution in [0.3, 0.4) is 0 Å². The Morgan fingerprint density at radius 3 is 2.72 bits per heavy atom. The second-order valence-electron chi connectivity index (χ2n) is 6.91. The molecule has 0 aliphatic heterocycles. The predicted octanol–water partition coefficient (Wildman–Crippen LogP) is 3.92. The maximum absolute atomic E-state index is 13.7. The van der Waals surface area contributed by atoms with E-state index in [-0.39, 0.29) is 18.3 Å². The van der Waals surface area contributed by atoms with Gasteiger partial charge in [0.1, 0.15) is 23.9 Å². The van der Waals surface area contributed by atoms with Gasteiger partial charge in [-0.25, -0.2) is 4.39 Å². The first-order valence-corrected chi connectivity index (χ1v) is 9.54. The largest absolute Gasteiger partial charge is 0.489 e. The zero-order valence-corrected chi connectivity index (χ0v) is 16.4. The Morgan fingerprint density at radius 1 is 1.17 bits per heavy atom. The first-order chi connectivity index (χ1) is 14.0. The maximum atomic E-state index is 13.7. The molecule has 0 bridgehead atoms. The standard InChI is InChI=1S/C23H25FN2O3/c1-17(23(25)27)26(15-21-9-5-13-28-21)12-11-18-6-4-8-20(14-18)29-16-19-7-2-3-10-22(19)24/h2-10,13-14,17H,11-12,15-16H2,1H3,(H2,25,27). The molecule has 1 atom stereocenters. The van der Waals surface area contributed by atoms with Crippen molar-refractivity contribution >= 4 is 5.91 Å². The summed E-state index contributed by atoms with van der Waals surface area (Å²) in [6.45, 7) is 3.08. The fourth-order valence-corrected chi connectivity index (χ4v) is 3.03. The zero-order valence-electron chi connectivity index (χ0n) is 16.4. The number of furan rings is 1. The van der Waals surface area contributed by atoms with Crippen LogP contribution in [0.25, 0.3) is 0 Å². The van der Waals surface area contributed by atoms with E-state index in [2.05, 4.69) is 0 Å². The first-order valence-electron chi connectivity index (χ1n) is 9.54. The third-order valence-electron chi connectivity index (χ3n) is 4.84. The number of nitrogens with zero attached hydrogens (tertiary/aromatic N) is 1. The number of rotatable bonds is 10. The highest BCUT2D eigenvalue weighted by Gasteiger charge is 2.20. The summed E-state index contributed by atoms with van der Waals surface area (Å²) in [6, 6.07) is 17.5. The smallest absolute Gasteiger partial charge is 0.234 e. The highest BCUT2D eigenvalue weighted by atomic mass is 19.1. The van der Waals surface area contributed by atoms with E-state index in [0.29, 0.717) is 30.8 Å². The Hall–Kier alpha value is -3.12. The van der Waals surface area contributed by atoms with E-state index in [4.69, 9.17) is 14.9 Å². The molecule has 2 N–H and O–H groups in total. The Kier molecular flexibility index (Phi) is 7.03. The van der Waals surface area contributed by atoms with Crippen molar-refractivity contribution in [1.82, 2.24) is 4.90 Å². The zero-order chi connectivity index (χ0) is 20.6. The summed E-state index contributed by atoms with van der Waals surface area (Å²) >= 11 is 0. The number of hydrogen-bond acceptors (Lipinski definition) is 4. The molecule has 0 spiro atoms. The van der Waals surface area contributed by atoms with Gasteiger partial charge in [0.05, 0.1) is 18.8 Å². The molecular weight excluding hydrogens is 371 g/mol. The van der Waals surface area contributed by atoms with Crippen LogP contribution in [0.2, 0.25) is 0 Å². The number of amides is 1. The van der Waals surface area contributed by atoms with E-state index in [1.165, 1.54) is 6.07 Å². The van der Waals surface area contributed by atoms with Crippen molar-refractivity contribution in [3.05, 3.63) is 89.6 Å². The van der Waals surface area contributed by atoms with Gasteiger partial charge in [0, 0.05) is 12.1 Å². The fraction of sp³-hybridized carbons (Fsp3) is 0.261. The molecule has 1 aromatic heterocycles. The number of halogens is 1. The molecule has 0 aliphatic carbocycles. The molecule has 1 amide bonds. The van der Waals surface area contributed by atoms with Crippen LogP contribution in [-0.2, 0) is 24.4 Å². The molecule has 3 rings (SSSR count). The van der Waals surface area contributed by atoms with Gasteiger partial charge in [-0.3, -0.25) is 9.69 Å². The summed E-state index contributed by atoms with van der Waals surface area (Å²) in [5.41, 5.74) is 7.07. The molecule has 3 aromatic rings. The van der Waals surface area contributed by atoms with Crippen LogP contribution in [0.1, 0.15) is 23.8 Å². The van der Waals surface area contributed by atoms with Gasteiger partial charge in [-0.2, -0.15) is 0 Å². The Labute approximate surface area is 169 Å². The van der Waals surface area contributed by atoms with Crippen molar-refractivity contribution in [2.24, 2.45) is 5.73 Å². The summed E-state index contributed by atoms with van der Waals surface area (Å²) in [5, 5.41) is 0. The lowest BCUT2D eigenvalue weighted by Gasteiger charge is -2.26. The minimum atomic E-state index is -0.416. The molecule has 0 aliphatic rings. The highest BCUT2D eigenvalue weighted by Crippen LogP contribution is 2.18. The summed E-state index contributed by atoms with van der Waals surface area (Å²) < 4.78 is 24.9. The van der Waals surface area contributed by atoms with Crippen molar-refractivity contribution in [3.63, 3.8) is 0 Å². The molecule has 1 unspecified atom stereocenters. The molecule has 29 heavy (non-hydrogen) atoms. The minimum absolute atomic E-state index is 0.166. The third-order valence-corrected chi connectivity index (χ3v) is 4.84. The molecule has 0 saturated carbocycles. The van der Waals surface area contributed by atoms with Gasteiger partial charge >= 0.3 is 0 Å². The van der Waals surface area contributed by atoms with Gasteiger partial charge < -0.3 is 14.9 Å². The molecule has 0 fully saturated rings. The molecule has 2 aromatic carbocycles. The van der Waals surface area contributed by atoms with Crippen LogP contribution in [-0.4, -0.2) is 23.4 Å². The summed E-state index contributed by atoms with van der Waals surface area (Å²) in [5.74, 6) is 0.794. The number of hydrogen-bond donors (Lipinski definition) is 1. The van der Waals surface area contributed by atoms with Crippen molar-refractivity contribution in [1.29, 1.82) is 0 Å². The van der Waals surface area contributed by atoms with Crippen molar-refractivity contribution in [2.75, 3.05) is 6.54 Å². The van der Waals surface area contributed by atoms with Crippen LogP contribution in [0.15, 0.2) is 71.3 Å². The van der Waals surface area contributed by atoms with Gasteiger partial charge in [-0.1, -0.05) is 30.3 Å². The van der Waals surface area contributed by atoms with Crippen LogP contribution in [0, 0.1) is 5.82 Å². The van der Waals surface area contributed by atoms with Crippen LogP contribution < -0.4 is 10.5 Å². The van der Waals surface area contributed by atoms with Crippen LogP contribution in [0.5, 0.6) is 5.75 Å². The topological polar surface area (TPSA) is 68.7 Å². The summed E-state index contributed by atoms with van der Waals surface area (Å²) in [4.78, 5) is 13.7. The lowest BCUT2D eigenvalue weighted by molar-refractivity contribution is -0.122. The monoisotopic (exact) mass is 396 g/mol. The first kappa shape index (κ1) is 20.6. The van der Waals surface area contributed by atoms with Crippen molar-refractivity contribution in [2.45, 2.75) is 32.5 Å². The van der Waals surface area contributed by atoms with Gasteiger partial charge in [-0.15, -0.1) is 0 Å². The molecule has 6 heteroatoms. The number of ether oxygens (including phenoxy) is 1. The number of benzene rings is 2. The molecular formula is C23H25FN2O3. The lowest BCUT2D eigenvalue weighted by Crippen LogP contribution is -2.43. The normalized spacial score (nSPS) is 12.1. The number of carbonyl (C=O) groups excluding carboxylic acids is 1. The second-order valence-corrected chi connectivity index (χ2v) is 6.91. The van der Waals surface area contributed by atoms with E-state index in [9.17, 15) is 9.18 Å². The summed E-state index contributed by atoms with van der Waals surface area (Å²) in [6.07, 6.45) is 2.31. The SMILES string of the molecule is CC(C(N)=O)N(CCc1cccc(OCc2ccccc2F)c1)Cc1ccco1. The third kappa shape index (κ3) is 5.93. The number of nitrogens with two attached hydrogens (primary N) is 1. The van der Waals surface area contributed by atoms with Crippen molar-refractivity contribution in [3.8, 4) is 5.75 Å².